The molecule has 1 amide bonds. The Kier molecular flexibility index (Phi) is 8.04. The van der Waals surface area contributed by atoms with Crippen LogP contribution in [0.4, 0.5) is 4.79 Å². The lowest BCUT2D eigenvalue weighted by Crippen LogP contribution is -2.31. The van der Waals surface area contributed by atoms with Crippen LogP contribution in [0.1, 0.15) is 43.1 Å². The Morgan fingerprint density at radius 2 is 1.73 bits per heavy atom. The van der Waals surface area contributed by atoms with E-state index in [4.69, 9.17) is 9.47 Å². The van der Waals surface area contributed by atoms with Crippen molar-refractivity contribution in [2.45, 2.75) is 33.6 Å². The number of carbonyl (C=O) groups excluding carboxylic acids is 2. The molecule has 122 valence electrons. The van der Waals surface area contributed by atoms with Crippen molar-refractivity contribution in [1.82, 2.24) is 4.90 Å². The van der Waals surface area contributed by atoms with E-state index >= 15 is 0 Å². The summed E-state index contributed by atoms with van der Waals surface area (Å²) in [7, 11) is 0. The van der Waals surface area contributed by atoms with Crippen molar-refractivity contribution >= 4 is 12.1 Å². The minimum Gasteiger partial charge on any atom is -0.435 e. The Bertz CT molecular complexity index is 483. The molecule has 0 radical (unpaired) electrons. The van der Waals surface area contributed by atoms with Crippen LogP contribution in [0.15, 0.2) is 24.3 Å². The van der Waals surface area contributed by atoms with Crippen molar-refractivity contribution in [2.24, 2.45) is 0 Å². The van der Waals surface area contributed by atoms with E-state index in [1.165, 1.54) is 0 Å². The van der Waals surface area contributed by atoms with Crippen molar-refractivity contribution in [3.05, 3.63) is 35.4 Å². The average Bonchev–Trinajstić information content (AvgIpc) is 2.53. The molecule has 0 bridgehead atoms. The molecule has 1 aromatic carbocycles. The van der Waals surface area contributed by atoms with Crippen LogP contribution < -0.4 is 0 Å². The van der Waals surface area contributed by atoms with Gasteiger partial charge in [-0.15, -0.1) is 0 Å². The van der Waals surface area contributed by atoms with Gasteiger partial charge in [-0.2, -0.15) is 0 Å². The zero-order chi connectivity index (χ0) is 16.4. The van der Waals surface area contributed by atoms with Crippen LogP contribution >= 0.6 is 0 Å². The zero-order valence-corrected chi connectivity index (χ0v) is 13.6. The summed E-state index contributed by atoms with van der Waals surface area (Å²) < 4.78 is 9.63. The van der Waals surface area contributed by atoms with E-state index < -0.39 is 6.16 Å². The summed E-state index contributed by atoms with van der Waals surface area (Å²) in [6, 6.07) is 7.58. The maximum Gasteiger partial charge on any atom is 0.508 e. The highest BCUT2D eigenvalue weighted by atomic mass is 16.7. The summed E-state index contributed by atoms with van der Waals surface area (Å²) in [4.78, 5) is 25.4. The van der Waals surface area contributed by atoms with Crippen LogP contribution in [0.5, 0.6) is 0 Å². The number of carbonyl (C=O) groups is 2. The number of rotatable bonds is 8. The molecule has 0 N–H and O–H groups in total. The van der Waals surface area contributed by atoms with Crippen LogP contribution in [0.2, 0.25) is 0 Å². The molecule has 1 rings (SSSR count). The van der Waals surface area contributed by atoms with E-state index in [9.17, 15) is 9.59 Å². The molecule has 5 heteroatoms. The molecule has 0 heterocycles. The standard InChI is InChI=1S/C17H25NO4/c1-4-18(5-2)16(19)15-12-8-7-10-14(15)11-9-13-22-17(20)21-6-3/h7-8,10,12H,4-6,9,11,13H2,1-3H3. The molecule has 0 aromatic heterocycles. The van der Waals surface area contributed by atoms with Gasteiger partial charge in [0.05, 0.1) is 13.2 Å². The number of nitrogens with zero attached hydrogens (tertiary/aromatic N) is 1. The molecule has 22 heavy (non-hydrogen) atoms. The van der Waals surface area contributed by atoms with E-state index in [2.05, 4.69) is 0 Å². The third-order valence-electron chi connectivity index (χ3n) is 3.37. The van der Waals surface area contributed by atoms with E-state index in [0.717, 1.165) is 11.1 Å². The van der Waals surface area contributed by atoms with Gasteiger partial charge in [-0.3, -0.25) is 4.79 Å². The first-order valence-corrected chi connectivity index (χ1v) is 7.80. The van der Waals surface area contributed by atoms with Gasteiger partial charge in [0.25, 0.3) is 5.91 Å². The third-order valence-corrected chi connectivity index (χ3v) is 3.37. The van der Waals surface area contributed by atoms with Crippen molar-refractivity contribution in [2.75, 3.05) is 26.3 Å². The molecule has 5 nitrogen and oxygen atoms in total. The number of benzene rings is 1. The summed E-state index contributed by atoms with van der Waals surface area (Å²) in [5.41, 5.74) is 1.70. The quantitative estimate of drug-likeness (QED) is 0.546. The number of ether oxygens (including phenoxy) is 2. The smallest absolute Gasteiger partial charge is 0.435 e. The first-order chi connectivity index (χ1) is 10.6. The molecule has 0 aliphatic carbocycles. The number of hydrogen-bond donors (Lipinski definition) is 0. The SMILES string of the molecule is CCOC(=O)OCCCc1ccccc1C(=O)N(CC)CC. The highest BCUT2D eigenvalue weighted by Gasteiger charge is 2.15. The lowest BCUT2D eigenvalue weighted by molar-refractivity contribution is 0.0582. The topological polar surface area (TPSA) is 55.8 Å². The minimum absolute atomic E-state index is 0.0481. The number of hydrogen-bond acceptors (Lipinski definition) is 4. The molecule has 1 aromatic rings. The molecule has 0 unspecified atom stereocenters. The van der Waals surface area contributed by atoms with Gasteiger partial charge in [-0.05, 0) is 45.2 Å². The molecule has 0 aliphatic heterocycles. The van der Waals surface area contributed by atoms with Crippen LogP contribution in [0.25, 0.3) is 0 Å². The summed E-state index contributed by atoms with van der Waals surface area (Å²) in [6.45, 7) is 7.64. The molecular weight excluding hydrogens is 282 g/mol. The summed E-state index contributed by atoms with van der Waals surface area (Å²) in [5.74, 6) is 0.0481. The molecule has 0 aliphatic rings. The first-order valence-electron chi connectivity index (χ1n) is 7.80. The van der Waals surface area contributed by atoms with Crippen molar-refractivity contribution in [1.29, 1.82) is 0 Å². The van der Waals surface area contributed by atoms with Gasteiger partial charge in [0.2, 0.25) is 0 Å². The number of amides is 1. The average molecular weight is 307 g/mol. The van der Waals surface area contributed by atoms with Crippen molar-refractivity contribution < 1.29 is 19.1 Å². The van der Waals surface area contributed by atoms with Gasteiger partial charge in [-0.25, -0.2) is 4.79 Å². The maximum absolute atomic E-state index is 12.5. The number of aryl methyl sites for hydroxylation is 1. The Labute approximate surface area is 132 Å². The van der Waals surface area contributed by atoms with E-state index in [1.807, 2.05) is 38.1 Å². The Balaban J connectivity index is 2.61. The highest BCUT2D eigenvalue weighted by Crippen LogP contribution is 2.14. The second-order valence-electron chi connectivity index (χ2n) is 4.77. The minimum atomic E-state index is -0.644. The highest BCUT2D eigenvalue weighted by molar-refractivity contribution is 5.95. The second-order valence-corrected chi connectivity index (χ2v) is 4.77. The van der Waals surface area contributed by atoms with Crippen molar-refractivity contribution in [3.63, 3.8) is 0 Å². The molecular formula is C17H25NO4. The van der Waals surface area contributed by atoms with Crippen LogP contribution in [-0.4, -0.2) is 43.3 Å². The van der Waals surface area contributed by atoms with E-state index in [-0.39, 0.29) is 12.5 Å². The fourth-order valence-electron chi connectivity index (χ4n) is 2.21. The van der Waals surface area contributed by atoms with E-state index in [1.54, 1.807) is 11.8 Å². The fraction of sp³-hybridized carbons (Fsp3) is 0.529. The second kappa shape index (κ2) is 9.82. The largest absolute Gasteiger partial charge is 0.508 e. The van der Waals surface area contributed by atoms with Crippen LogP contribution in [0.3, 0.4) is 0 Å². The maximum atomic E-state index is 12.5. The zero-order valence-electron chi connectivity index (χ0n) is 13.6. The normalized spacial score (nSPS) is 10.1. The Hall–Kier alpha value is -2.04. The van der Waals surface area contributed by atoms with Gasteiger partial charge in [-0.1, -0.05) is 18.2 Å². The summed E-state index contributed by atoms with van der Waals surface area (Å²) >= 11 is 0. The molecule has 0 fully saturated rings. The molecule has 0 spiro atoms. The van der Waals surface area contributed by atoms with Gasteiger partial charge < -0.3 is 14.4 Å². The predicted molar refractivity (Wildman–Crippen MR) is 85.0 cm³/mol. The summed E-state index contributed by atoms with van der Waals surface area (Å²) in [6.07, 6.45) is 0.694. The Morgan fingerprint density at radius 3 is 2.36 bits per heavy atom. The van der Waals surface area contributed by atoms with Gasteiger partial charge >= 0.3 is 6.16 Å². The summed E-state index contributed by atoms with van der Waals surface area (Å²) in [5, 5.41) is 0. The van der Waals surface area contributed by atoms with E-state index in [0.29, 0.717) is 32.5 Å². The molecule has 0 saturated heterocycles. The fourth-order valence-corrected chi connectivity index (χ4v) is 2.21. The van der Waals surface area contributed by atoms with Crippen molar-refractivity contribution in [3.8, 4) is 0 Å². The van der Waals surface area contributed by atoms with Gasteiger partial charge in [0, 0.05) is 18.7 Å². The first kappa shape index (κ1) is 18.0. The van der Waals surface area contributed by atoms with Gasteiger partial charge in [0.15, 0.2) is 0 Å². The molecule has 0 saturated carbocycles. The predicted octanol–water partition coefficient (Wildman–Crippen LogP) is 3.27. The Morgan fingerprint density at radius 1 is 1.05 bits per heavy atom. The van der Waals surface area contributed by atoms with Crippen LogP contribution in [0, 0.1) is 0 Å². The third kappa shape index (κ3) is 5.39. The monoisotopic (exact) mass is 307 g/mol. The van der Waals surface area contributed by atoms with Crippen LogP contribution in [-0.2, 0) is 15.9 Å². The molecule has 0 atom stereocenters. The van der Waals surface area contributed by atoms with Gasteiger partial charge in [0.1, 0.15) is 0 Å². The lowest BCUT2D eigenvalue weighted by atomic mass is 10.0. The lowest BCUT2D eigenvalue weighted by Gasteiger charge is -2.20.